The SMILES string of the molecule is O=C(O)Cc1cc(I)c(C(F)(F)F)c(OC(F)(F)F)n1. The van der Waals surface area contributed by atoms with Crippen molar-refractivity contribution in [2.45, 2.75) is 19.0 Å². The second-order valence-corrected chi connectivity index (χ2v) is 4.55. The van der Waals surface area contributed by atoms with E-state index in [1.165, 1.54) is 0 Å². The molecule has 1 aromatic heterocycles. The Balaban J connectivity index is 3.40. The van der Waals surface area contributed by atoms with Gasteiger partial charge in [-0.1, -0.05) is 0 Å². The fourth-order valence-corrected chi connectivity index (χ4v) is 2.12. The number of aliphatic carboxylic acids is 1. The largest absolute Gasteiger partial charge is 0.574 e. The first-order chi connectivity index (χ1) is 8.90. The number of hydrogen-bond donors (Lipinski definition) is 1. The van der Waals surface area contributed by atoms with Gasteiger partial charge in [-0.15, -0.1) is 13.2 Å². The van der Waals surface area contributed by atoms with Gasteiger partial charge in [0.2, 0.25) is 5.88 Å². The number of nitrogens with zero attached hydrogens (tertiary/aromatic N) is 1. The van der Waals surface area contributed by atoms with Crippen LogP contribution in [-0.4, -0.2) is 22.4 Å². The van der Waals surface area contributed by atoms with Crippen LogP contribution in [0, 0.1) is 3.57 Å². The smallest absolute Gasteiger partial charge is 0.481 e. The molecule has 112 valence electrons. The highest BCUT2D eigenvalue weighted by Gasteiger charge is 2.42. The molecule has 0 aliphatic heterocycles. The molecule has 0 atom stereocenters. The lowest BCUT2D eigenvalue weighted by Gasteiger charge is -2.16. The van der Waals surface area contributed by atoms with Crippen LogP contribution in [-0.2, 0) is 17.4 Å². The molecule has 0 aliphatic carbocycles. The highest BCUT2D eigenvalue weighted by atomic mass is 127. The summed E-state index contributed by atoms with van der Waals surface area (Å²) in [5.74, 6) is -3.17. The molecule has 0 fully saturated rings. The lowest BCUT2D eigenvalue weighted by atomic mass is 10.2. The number of aromatic nitrogens is 1. The summed E-state index contributed by atoms with van der Waals surface area (Å²) in [6, 6.07) is 0.737. The molecule has 0 spiro atoms. The summed E-state index contributed by atoms with van der Waals surface area (Å²) in [7, 11) is 0. The van der Waals surface area contributed by atoms with Gasteiger partial charge >= 0.3 is 18.5 Å². The van der Waals surface area contributed by atoms with E-state index in [0.717, 1.165) is 28.7 Å². The molecule has 0 unspecified atom stereocenters. The fraction of sp³-hybridized carbons (Fsp3) is 0.333. The first-order valence-corrected chi connectivity index (χ1v) is 5.72. The van der Waals surface area contributed by atoms with Crippen molar-refractivity contribution in [2.24, 2.45) is 0 Å². The van der Waals surface area contributed by atoms with Crippen LogP contribution in [0.15, 0.2) is 6.07 Å². The van der Waals surface area contributed by atoms with Crippen LogP contribution < -0.4 is 4.74 Å². The second-order valence-electron chi connectivity index (χ2n) is 3.39. The molecule has 0 bridgehead atoms. The maximum Gasteiger partial charge on any atom is 0.574 e. The minimum absolute atomic E-state index is 0.478. The molecule has 20 heavy (non-hydrogen) atoms. The van der Waals surface area contributed by atoms with Gasteiger partial charge in [0.15, 0.2) is 0 Å². The average Bonchev–Trinajstić information content (AvgIpc) is 2.08. The molecule has 0 amide bonds. The molecule has 0 saturated heterocycles. The minimum Gasteiger partial charge on any atom is -0.481 e. The normalized spacial score (nSPS) is 12.3. The second kappa shape index (κ2) is 5.61. The highest BCUT2D eigenvalue weighted by Crippen LogP contribution is 2.40. The number of carboxylic acids is 1. The minimum atomic E-state index is -5.38. The topological polar surface area (TPSA) is 59.4 Å². The quantitative estimate of drug-likeness (QED) is 0.609. The number of carboxylic acid groups (broad SMARTS) is 1. The molecule has 1 rings (SSSR count). The first-order valence-electron chi connectivity index (χ1n) is 4.64. The molecule has 0 radical (unpaired) electrons. The van der Waals surface area contributed by atoms with Gasteiger partial charge in [0.05, 0.1) is 12.1 Å². The third-order valence-electron chi connectivity index (χ3n) is 1.82. The van der Waals surface area contributed by atoms with Gasteiger partial charge in [-0.05, 0) is 28.7 Å². The third-order valence-corrected chi connectivity index (χ3v) is 2.67. The van der Waals surface area contributed by atoms with E-state index in [2.05, 4.69) is 9.72 Å². The Bertz CT molecular complexity index is 528. The Morgan fingerprint density at radius 1 is 1.30 bits per heavy atom. The molecule has 11 heteroatoms. The maximum absolute atomic E-state index is 12.7. The van der Waals surface area contributed by atoms with Crippen molar-refractivity contribution in [1.82, 2.24) is 4.98 Å². The predicted molar refractivity (Wildman–Crippen MR) is 60.0 cm³/mol. The Hall–Kier alpha value is -1.27. The van der Waals surface area contributed by atoms with E-state index in [1.54, 1.807) is 0 Å². The van der Waals surface area contributed by atoms with E-state index in [0.29, 0.717) is 0 Å². The Morgan fingerprint density at radius 3 is 2.25 bits per heavy atom. The van der Waals surface area contributed by atoms with Crippen molar-refractivity contribution < 1.29 is 41.0 Å². The summed E-state index contributed by atoms with van der Waals surface area (Å²) in [5.41, 5.74) is -2.18. The van der Waals surface area contributed by atoms with Gasteiger partial charge in [-0.2, -0.15) is 13.2 Å². The van der Waals surface area contributed by atoms with Crippen molar-refractivity contribution in [1.29, 1.82) is 0 Å². The van der Waals surface area contributed by atoms with E-state index in [9.17, 15) is 31.1 Å². The van der Waals surface area contributed by atoms with Crippen LogP contribution in [0.25, 0.3) is 0 Å². The average molecular weight is 415 g/mol. The maximum atomic E-state index is 12.7. The van der Waals surface area contributed by atoms with Crippen molar-refractivity contribution in [3.63, 3.8) is 0 Å². The number of pyridine rings is 1. The number of ether oxygens (including phenoxy) is 1. The van der Waals surface area contributed by atoms with Gasteiger partial charge < -0.3 is 9.84 Å². The monoisotopic (exact) mass is 415 g/mol. The van der Waals surface area contributed by atoms with Crippen molar-refractivity contribution in [2.75, 3.05) is 0 Å². The Morgan fingerprint density at radius 2 is 1.85 bits per heavy atom. The van der Waals surface area contributed by atoms with E-state index in [1.807, 2.05) is 0 Å². The van der Waals surface area contributed by atoms with Gasteiger partial charge in [-0.3, -0.25) is 4.79 Å². The van der Waals surface area contributed by atoms with Crippen LogP contribution in [0.4, 0.5) is 26.3 Å². The molecule has 1 heterocycles. The van der Waals surface area contributed by atoms with Gasteiger partial charge in [0, 0.05) is 3.57 Å². The lowest BCUT2D eigenvalue weighted by Crippen LogP contribution is -2.22. The van der Waals surface area contributed by atoms with Crippen LogP contribution >= 0.6 is 22.6 Å². The van der Waals surface area contributed by atoms with Crippen LogP contribution in [0.1, 0.15) is 11.3 Å². The van der Waals surface area contributed by atoms with Crippen LogP contribution in [0.5, 0.6) is 5.88 Å². The molecular weight excluding hydrogens is 411 g/mol. The van der Waals surface area contributed by atoms with Gasteiger partial charge in [-0.25, -0.2) is 4.98 Å². The Labute approximate surface area is 120 Å². The van der Waals surface area contributed by atoms with E-state index >= 15 is 0 Å². The van der Waals surface area contributed by atoms with Crippen molar-refractivity contribution >= 4 is 28.6 Å². The van der Waals surface area contributed by atoms with E-state index in [4.69, 9.17) is 5.11 Å². The van der Waals surface area contributed by atoms with Gasteiger partial charge in [0.25, 0.3) is 0 Å². The number of alkyl halides is 6. The zero-order valence-corrected chi connectivity index (χ0v) is 11.3. The number of halogens is 7. The predicted octanol–water partition coefficient (Wildman–Crippen LogP) is 3.23. The summed E-state index contributed by atoms with van der Waals surface area (Å²) >= 11 is 1.13. The van der Waals surface area contributed by atoms with E-state index < -0.39 is 45.6 Å². The third kappa shape index (κ3) is 4.68. The molecular formula is C9H4F6INO3. The van der Waals surface area contributed by atoms with Crippen molar-refractivity contribution in [3.05, 3.63) is 20.9 Å². The summed E-state index contributed by atoms with van der Waals surface area (Å²) in [6.45, 7) is 0. The number of carbonyl (C=O) groups is 1. The zero-order chi connectivity index (χ0) is 15.7. The molecule has 1 N–H and O–H groups in total. The number of hydrogen-bond acceptors (Lipinski definition) is 3. The molecule has 0 aliphatic rings. The first kappa shape index (κ1) is 16.8. The standard InChI is InChI=1S/C9H4F6INO3/c10-8(11,12)6-4(16)1-3(2-5(18)19)17-7(6)20-9(13,14)15/h1H,2H2,(H,18,19). The number of rotatable bonds is 3. The van der Waals surface area contributed by atoms with Crippen LogP contribution in [0.3, 0.4) is 0 Å². The van der Waals surface area contributed by atoms with Gasteiger partial charge in [0.1, 0.15) is 5.56 Å². The highest BCUT2D eigenvalue weighted by molar-refractivity contribution is 14.1. The lowest BCUT2D eigenvalue weighted by molar-refractivity contribution is -0.278. The Kier molecular flexibility index (Phi) is 4.71. The summed E-state index contributed by atoms with van der Waals surface area (Å²) < 4.78 is 76.9. The van der Waals surface area contributed by atoms with Crippen LogP contribution in [0.2, 0.25) is 0 Å². The summed E-state index contributed by atoms with van der Waals surface area (Å²) in [5, 5.41) is 8.48. The molecule has 0 saturated carbocycles. The van der Waals surface area contributed by atoms with E-state index in [-0.39, 0.29) is 0 Å². The zero-order valence-electron chi connectivity index (χ0n) is 9.14. The summed E-state index contributed by atoms with van der Waals surface area (Å²) in [4.78, 5) is 13.4. The molecule has 4 nitrogen and oxygen atoms in total. The summed E-state index contributed by atoms with van der Waals surface area (Å²) in [6.07, 6.45) is -11.3. The van der Waals surface area contributed by atoms with Crippen molar-refractivity contribution in [3.8, 4) is 5.88 Å². The molecule has 0 aromatic carbocycles. The molecule has 1 aromatic rings. The fourth-order valence-electron chi connectivity index (χ4n) is 1.22.